The van der Waals surface area contributed by atoms with Crippen molar-refractivity contribution >= 4 is 17.4 Å². The zero-order valence-electron chi connectivity index (χ0n) is 7.33. The smallest absolute Gasteiger partial charge is 0.296 e. The second-order valence-electron chi connectivity index (χ2n) is 2.85. The number of carbonyl (C=O) groups excluding carboxylic acids is 2. The number of ketones is 1. The van der Waals surface area contributed by atoms with Crippen molar-refractivity contribution in [2.45, 2.75) is 0 Å². The Labute approximate surface area is 79.3 Å². The van der Waals surface area contributed by atoms with Gasteiger partial charge in [0.25, 0.3) is 11.7 Å². The molecule has 0 saturated carbocycles. The molecule has 0 radical (unpaired) electrons. The minimum atomic E-state index is -0.687. The van der Waals surface area contributed by atoms with E-state index in [0.29, 0.717) is 5.69 Å². The van der Waals surface area contributed by atoms with Crippen molar-refractivity contribution in [2.75, 3.05) is 12.4 Å². The molecule has 1 heterocycles. The fourth-order valence-electron chi connectivity index (χ4n) is 1.32. The van der Waals surface area contributed by atoms with Crippen molar-refractivity contribution < 1.29 is 19.4 Å². The van der Waals surface area contributed by atoms with Crippen LogP contribution in [0.4, 0.5) is 5.69 Å². The van der Waals surface area contributed by atoms with Gasteiger partial charge in [0.05, 0.1) is 18.4 Å². The van der Waals surface area contributed by atoms with Gasteiger partial charge in [-0.2, -0.15) is 0 Å². The number of ether oxygens (including phenoxy) is 1. The van der Waals surface area contributed by atoms with Gasteiger partial charge in [-0.1, -0.05) is 0 Å². The highest BCUT2D eigenvalue weighted by molar-refractivity contribution is 6.51. The van der Waals surface area contributed by atoms with Crippen LogP contribution in [0.5, 0.6) is 11.5 Å². The number of phenols is 1. The first kappa shape index (κ1) is 8.55. The molecule has 0 aromatic heterocycles. The molecule has 0 fully saturated rings. The highest BCUT2D eigenvalue weighted by Gasteiger charge is 2.29. The van der Waals surface area contributed by atoms with Crippen LogP contribution in [-0.4, -0.2) is 23.9 Å². The molecule has 1 aliphatic rings. The van der Waals surface area contributed by atoms with Gasteiger partial charge in [-0.25, -0.2) is 0 Å². The van der Waals surface area contributed by atoms with Gasteiger partial charge in [-0.05, 0) is 6.07 Å². The Morgan fingerprint density at radius 3 is 2.71 bits per heavy atom. The van der Waals surface area contributed by atoms with Crippen LogP contribution in [0.25, 0.3) is 0 Å². The summed E-state index contributed by atoms with van der Waals surface area (Å²) in [5.41, 5.74) is 0.544. The number of hydrogen-bond acceptors (Lipinski definition) is 4. The Morgan fingerprint density at radius 2 is 2.07 bits per heavy atom. The maximum Gasteiger partial charge on any atom is 0.296 e. The first-order valence-electron chi connectivity index (χ1n) is 3.90. The molecule has 0 bridgehead atoms. The summed E-state index contributed by atoms with van der Waals surface area (Å²) in [6, 6.07) is 2.63. The molecule has 1 amide bonds. The SMILES string of the molecule is COc1cc2c(cc1O)C(=O)C(=O)N2. The van der Waals surface area contributed by atoms with Crippen LogP contribution in [0.2, 0.25) is 0 Å². The molecule has 2 N–H and O–H groups in total. The lowest BCUT2D eigenvalue weighted by Crippen LogP contribution is -2.12. The topological polar surface area (TPSA) is 75.6 Å². The first-order valence-corrected chi connectivity index (χ1v) is 3.90. The lowest BCUT2D eigenvalue weighted by atomic mass is 10.1. The molecular formula is C9H7NO4. The van der Waals surface area contributed by atoms with Crippen LogP contribution in [0.1, 0.15) is 10.4 Å². The Morgan fingerprint density at radius 1 is 1.36 bits per heavy atom. The standard InChI is InChI=1S/C9H7NO4/c1-14-7-3-5-4(2-6(7)11)8(12)9(13)10-5/h2-3,11H,1H3,(H,10,12,13). The number of Topliss-reactive ketones (excluding diaryl/α,β-unsaturated/α-hetero) is 1. The summed E-state index contributed by atoms with van der Waals surface area (Å²) in [6.07, 6.45) is 0. The van der Waals surface area contributed by atoms with Gasteiger partial charge in [-0.3, -0.25) is 9.59 Å². The molecule has 0 aliphatic carbocycles. The summed E-state index contributed by atoms with van der Waals surface area (Å²) in [6.45, 7) is 0. The third-order valence-electron chi connectivity index (χ3n) is 2.02. The zero-order chi connectivity index (χ0) is 10.3. The predicted molar refractivity (Wildman–Crippen MR) is 47.6 cm³/mol. The Balaban J connectivity index is 2.60. The number of carbonyl (C=O) groups is 2. The Bertz CT molecular complexity index is 439. The molecule has 0 saturated heterocycles. The zero-order valence-corrected chi connectivity index (χ0v) is 7.33. The molecule has 5 nitrogen and oxygen atoms in total. The number of fused-ring (bicyclic) bond motifs is 1. The molecule has 0 unspecified atom stereocenters. The van der Waals surface area contributed by atoms with Crippen LogP contribution in [0.15, 0.2) is 12.1 Å². The van der Waals surface area contributed by atoms with E-state index in [1.54, 1.807) is 0 Å². The van der Waals surface area contributed by atoms with Crippen molar-refractivity contribution in [3.05, 3.63) is 17.7 Å². The van der Waals surface area contributed by atoms with E-state index in [9.17, 15) is 14.7 Å². The highest BCUT2D eigenvalue weighted by Crippen LogP contribution is 2.35. The van der Waals surface area contributed by atoms with Gasteiger partial charge >= 0.3 is 0 Å². The van der Waals surface area contributed by atoms with E-state index < -0.39 is 11.7 Å². The van der Waals surface area contributed by atoms with E-state index in [1.807, 2.05) is 0 Å². The summed E-state index contributed by atoms with van der Waals surface area (Å²) in [4.78, 5) is 22.1. The number of nitrogens with one attached hydrogen (secondary N) is 1. The van der Waals surface area contributed by atoms with Gasteiger partial charge < -0.3 is 15.2 Å². The fraction of sp³-hybridized carbons (Fsp3) is 0.111. The van der Waals surface area contributed by atoms with E-state index >= 15 is 0 Å². The Hall–Kier alpha value is -2.04. The van der Waals surface area contributed by atoms with E-state index in [-0.39, 0.29) is 17.1 Å². The number of hydrogen-bond donors (Lipinski definition) is 2. The number of amides is 1. The second-order valence-corrected chi connectivity index (χ2v) is 2.85. The van der Waals surface area contributed by atoms with Gasteiger partial charge in [0, 0.05) is 6.07 Å². The second kappa shape index (κ2) is 2.73. The Kier molecular flexibility index (Phi) is 1.67. The van der Waals surface area contributed by atoms with Crippen LogP contribution in [-0.2, 0) is 4.79 Å². The number of rotatable bonds is 1. The molecule has 1 aromatic rings. The van der Waals surface area contributed by atoms with Crippen LogP contribution in [0.3, 0.4) is 0 Å². The molecule has 0 atom stereocenters. The van der Waals surface area contributed by atoms with Gasteiger partial charge in [0.15, 0.2) is 11.5 Å². The summed E-state index contributed by atoms with van der Waals surface area (Å²) in [5, 5.41) is 11.7. The number of phenolic OH excluding ortho intramolecular Hbond substituents is 1. The lowest BCUT2D eigenvalue weighted by Gasteiger charge is -2.04. The van der Waals surface area contributed by atoms with Crippen molar-refractivity contribution in [3.63, 3.8) is 0 Å². The minimum absolute atomic E-state index is 0.156. The van der Waals surface area contributed by atoms with Crippen molar-refractivity contribution in [1.29, 1.82) is 0 Å². The molecule has 5 heteroatoms. The molecule has 0 spiro atoms. The number of methoxy groups -OCH3 is 1. The normalized spacial score (nSPS) is 13.8. The summed E-state index contributed by atoms with van der Waals surface area (Å²) >= 11 is 0. The maximum atomic E-state index is 11.2. The number of benzene rings is 1. The van der Waals surface area contributed by atoms with Crippen molar-refractivity contribution in [3.8, 4) is 11.5 Å². The molecule has 14 heavy (non-hydrogen) atoms. The lowest BCUT2D eigenvalue weighted by molar-refractivity contribution is -0.112. The summed E-state index contributed by atoms with van der Waals surface area (Å²) in [5.74, 6) is -1.26. The monoisotopic (exact) mass is 193 g/mol. The largest absolute Gasteiger partial charge is 0.504 e. The van der Waals surface area contributed by atoms with E-state index in [1.165, 1.54) is 19.2 Å². The third-order valence-corrected chi connectivity index (χ3v) is 2.02. The average Bonchev–Trinajstić information content (AvgIpc) is 2.43. The molecule has 1 aliphatic heterocycles. The molecule has 2 rings (SSSR count). The summed E-state index contributed by atoms with van der Waals surface area (Å²) < 4.78 is 4.83. The van der Waals surface area contributed by atoms with E-state index in [0.717, 1.165) is 0 Å². The van der Waals surface area contributed by atoms with Crippen LogP contribution in [0, 0.1) is 0 Å². The van der Waals surface area contributed by atoms with Crippen LogP contribution >= 0.6 is 0 Å². The quantitative estimate of drug-likeness (QED) is 0.504. The molecule has 1 aromatic carbocycles. The first-order chi connectivity index (χ1) is 6.63. The predicted octanol–water partition coefficient (Wildman–Crippen LogP) is 0.536. The number of anilines is 1. The van der Waals surface area contributed by atoms with Gasteiger partial charge in [0.2, 0.25) is 0 Å². The molecule has 72 valence electrons. The van der Waals surface area contributed by atoms with Crippen molar-refractivity contribution in [2.24, 2.45) is 0 Å². The highest BCUT2D eigenvalue weighted by atomic mass is 16.5. The van der Waals surface area contributed by atoms with Crippen molar-refractivity contribution in [1.82, 2.24) is 0 Å². The van der Waals surface area contributed by atoms with Gasteiger partial charge in [-0.15, -0.1) is 0 Å². The minimum Gasteiger partial charge on any atom is -0.504 e. The molecular weight excluding hydrogens is 186 g/mol. The summed E-state index contributed by atoms with van der Waals surface area (Å²) in [7, 11) is 1.39. The van der Waals surface area contributed by atoms with Crippen LogP contribution < -0.4 is 10.1 Å². The van der Waals surface area contributed by atoms with E-state index in [2.05, 4.69) is 5.32 Å². The average molecular weight is 193 g/mol. The maximum absolute atomic E-state index is 11.2. The van der Waals surface area contributed by atoms with Gasteiger partial charge in [0.1, 0.15) is 0 Å². The number of aromatic hydroxyl groups is 1. The fourth-order valence-corrected chi connectivity index (χ4v) is 1.32. The van der Waals surface area contributed by atoms with E-state index in [4.69, 9.17) is 4.74 Å². The third kappa shape index (κ3) is 1.02.